The molecule has 0 aliphatic heterocycles. The van der Waals surface area contributed by atoms with Crippen LogP contribution in [0.15, 0.2) is 35.1 Å². The molecule has 0 bridgehead atoms. The second-order valence-electron chi connectivity index (χ2n) is 4.32. The van der Waals surface area contributed by atoms with E-state index in [9.17, 15) is 4.79 Å². The summed E-state index contributed by atoms with van der Waals surface area (Å²) in [5.41, 5.74) is 1.55. The highest BCUT2D eigenvalue weighted by atomic mass is 16.5. The van der Waals surface area contributed by atoms with Gasteiger partial charge in [0.25, 0.3) is 5.56 Å². The topological polar surface area (TPSA) is 78.8 Å². The minimum absolute atomic E-state index is 0.0663. The van der Waals surface area contributed by atoms with E-state index in [1.54, 1.807) is 6.07 Å². The van der Waals surface area contributed by atoms with Crippen molar-refractivity contribution in [1.82, 2.24) is 10.2 Å². The van der Waals surface area contributed by atoms with Crippen molar-refractivity contribution in [2.45, 2.75) is 19.8 Å². The molecule has 2 aromatic rings. The number of ether oxygens (including phenoxy) is 1. The van der Waals surface area contributed by atoms with E-state index in [4.69, 9.17) is 10.00 Å². The van der Waals surface area contributed by atoms with Crippen molar-refractivity contribution < 1.29 is 4.74 Å². The zero-order chi connectivity index (χ0) is 14.4. The van der Waals surface area contributed by atoms with Crippen molar-refractivity contribution in [3.63, 3.8) is 0 Å². The van der Waals surface area contributed by atoms with E-state index in [1.165, 1.54) is 0 Å². The Balaban J connectivity index is 2.34. The zero-order valence-electron chi connectivity index (χ0n) is 11.2. The molecule has 1 aromatic heterocycles. The van der Waals surface area contributed by atoms with Crippen LogP contribution in [0.25, 0.3) is 11.3 Å². The van der Waals surface area contributed by atoms with E-state index >= 15 is 0 Å². The monoisotopic (exact) mass is 269 g/mol. The average Bonchev–Trinajstić information content (AvgIpc) is 2.48. The van der Waals surface area contributed by atoms with Crippen molar-refractivity contribution in [2.75, 3.05) is 6.61 Å². The van der Waals surface area contributed by atoms with Crippen LogP contribution in [-0.4, -0.2) is 16.8 Å². The number of hydrogen-bond acceptors (Lipinski definition) is 4. The van der Waals surface area contributed by atoms with Crippen molar-refractivity contribution in [3.05, 3.63) is 46.2 Å². The van der Waals surface area contributed by atoms with Gasteiger partial charge in [0.15, 0.2) is 0 Å². The summed E-state index contributed by atoms with van der Waals surface area (Å²) >= 11 is 0. The predicted molar refractivity (Wildman–Crippen MR) is 75.4 cm³/mol. The third-order valence-corrected chi connectivity index (χ3v) is 2.75. The minimum atomic E-state index is -0.325. The van der Waals surface area contributed by atoms with E-state index in [2.05, 4.69) is 10.2 Å². The Morgan fingerprint density at radius 1 is 1.40 bits per heavy atom. The van der Waals surface area contributed by atoms with Gasteiger partial charge in [0, 0.05) is 11.1 Å². The largest absolute Gasteiger partial charge is 0.494 e. The molecule has 5 heteroatoms. The second-order valence-corrected chi connectivity index (χ2v) is 4.32. The molecule has 0 saturated heterocycles. The summed E-state index contributed by atoms with van der Waals surface area (Å²) in [6.45, 7) is 2.70. The Morgan fingerprint density at radius 3 is 3.00 bits per heavy atom. The van der Waals surface area contributed by atoms with Crippen LogP contribution < -0.4 is 10.3 Å². The SMILES string of the molecule is CCCOc1cccc(-c2cc(CC#N)c(=O)[nH]n2)c1. The maximum atomic E-state index is 11.5. The quantitative estimate of drug-likeness (QED) is 0.903. The summed E-state index contributed by atoms with van der Waals surface area (Å²) in [6, 6.07) is 11.1. The van der Waals surface area contributed by atoms with Gasteiger partial charge in [-0.2, -0.15) is 10.4 Å². The summed E-state index contributed by atoms with van der Waals surface area (Å²) in [7, 11) is 0. The molecular weight excluding hydrogens is 254 g/mol. The number of rotatable bonds is 5. The van der Waals surface area contributed by atoms with Gasteiger partial charge in [0.05, 0.1) is 24.8 Å². The lowest BCUT2D eigenvalue weighted by Crippen LogP contribution is -2.14. The third kappa shape index (κ3) is 3.23. The number of nitrogens with zero attached hydrogens (tertiary/aromatic N) is 2. The van der Waals surface area contributed by atoms with Gasteiger partial charge >= 0.3 is 0 Å². The Kier molecular flexibility index (Phi) is 4.51. The highest BCUT2D eigenvalue weighted by Crippen LogP contribution is 2.22. The van der Waals surface area contributed by atoms with Crippen LogP contribution in [-0.2, 0) is 6.42 Å². The van der Waals surface area contributed by atoms with E-state index in [1.807, 2.05) is 37.3 Å². The second kappa shape index (κ2) is 6.53. The molecule has 0 aliphatic carbocycles. The molecule has 20 heavy (non-hydrogen) atoms. The Morgan fingerprint density at radius 2 is 2.25 bits per heavy atom. The molecule has 102 valence electrons. The fourth-order valence-electron chi connectivity index (χ4n) is 1.78. The molecule has 0 spiro atoms. The van der Waals surface area contributed by atoms with Gasteiger partial charge in [-0.1, -0.05) is 19.1 Å². The molecule has 0 atom stereocenters. The van der Waals surface area contributed by atoms with Crippen LogP contribution in [0.1, 0.15) is 18.9 Å². The number of aromatic nitrogens is 2. The van der Waals surface area contributed by atoms with Gasteiger partial charge in [0.1, 0.15) is 5.75 Å². The lowest BCUT2D eigenvalue weighted by Gasteiger charge is -2.07. The van der Waals surface area contributed by atoms with Gasteiger partial charge < -0.3 is 4.74 Å². The summed E-state index contributed by atoms with van der Waals surface area (Å²) in [5.74, 6) is 0.763. The highest BCUT2D eigenvalue weighted by molar-refractivity contribution is 5.61. The molecule has 0 saturated carbocycles. The summed E-state index contributed by atoms with van der Waals surface area (Å²) in [4.78, 5) is 11.5. The summed E-state index contributed by atoms with van der Waals surface area (Å²) in [6.07, 6.45) is 1.00. The zero-order valence-corrected chi connectivity index (χ0v) is 11.2. The molecule has 0 fully saturated rings. The number of H-pyrrole nitrogens is 1. The van der Waals surface area contributed by atoms with Crippen molar-refractivity contribution in [3.8, 4) is 23.1 Å². The molecule has 0 amide bonds. The fraction of sp³-hybridized carbons (Fsp3) is 0.267. The Bertz CT molecular complexity index is 686. The average molecular weight is 269 g/mol. The van der Waals surface area contributed by atoms with E-state index in [-0.39, 0.29) is 12.0 Å². The van der Waals surface area contributed by atoms with Crippen molar-refractivity contribution in [2.24, 2.45) is 0 Å². The van der Waals surface area contributed by atoms with Crippen LogP contribution in [0.4, 0.5) is 0 Å². The molecule has 0 radical (unpaired) electrons. The first-order valence-corrected chi connectivity index (χ1v) is 6.43. The Labute approximate surface area is 116 Å². The number of nitrogens with one attached hydrogen (secondary N) is 1. The van der Waals surface area contributed by atoms with E-state index in [0.717, 1.165) is 17.7 Å². The molecule has 2 rings (SSSR count). The van der Waals surface area contributed by atoms with Gasteiger partial charge in [-0.15, -0.1) is 0 Å². The normalized spacial score (nSPS) is 10.0. The number of hydrogen-bond donors (Lipinski definition) is 1. The van der Waals surface area contributed by atoms with Gasteiger partial charge in [-0.3, -0.25) is 4.79 Å². The van der Waals surface area contributed by atoms with E-state index in [0.29, 0.717) is 17.9 Å². The smallest absolute Gasteiger partial charge is 0.268 e. The van der Waals surface area contributed by atoms with E-state index < -0.39 is 0 Å². The maximum absolute atomic E-state index is 11.5. The summed E-state index contributed by atoms with van der Waals surface area (Å²) in [5, 5.41) is 15.1. The first-order chi connectivity index (χ1) is 9.74. The van der Waals surface area contributed by atoms with Gasteiger partial charge in [-0.25, -0.2) is 5.10 Å². The Hall–Kier alpha value is -2.61. The molecule has 1 heterocycles. The van der Waals surface area contributed by atoms with Gasteiger partial charge in [0.2, 0.25) is 0 Å². The first kappa shape index (κ1) is 13.8. The predicted octanol–water partition coefficient (Wildman–Crippen LogP) is 2.29. The number of aromatic amines is 1. The first-order valence-electron chi connectivity index (χ1n) is 6.43. The molecule has 1 aromatic carbocycles. The van der Waals surface area contributed by atoms with Crippen LogP contribution in [0.5, 0.6) is 5.75 Å². The summed E-state index contributed by atoms with van der Waals surface area (Å²) < 4.78 is 5.57. The van der Waals surface area contributed by atoms with Crippen molar-refractivity contribution >= 4 is 0 Å². The van der Waals surface area contributed by atoms with Crippen LogP contribution in [0.2, 0.25) is 0 Å². The minimum Gasteiger partial charge on any atom is -0.494 e. The molecular formula is C15H15N3O2. The van der Waals surface area contributed by atoms with Crippen molar-refractivity contribution in [1.29, 1.82) is 5.26 Å². The van der Waals surface area contributed by atoms with Crippen LogP contribution in [0.3, 0.4) is 0 Å². The lowest BCUT2D eigenvalue weighted by atomic mass is 10.1. The number of benzene rings is 1. The molecule has 5 nitrogen and oxygen atoms in total. The maximum Gasteiger partial charge on any atom is 0.268 e. The molecule has 0 aliphatic rings. The lowest BCUT2D eigenvalue weighted by molar-refractivity contribution is 0.317. The third-order valence-electron chi connectivity index (χ3n) is 2.75. The van der Waals surface area contributed by atoms with Crippen LogP contribution >= 0.6 is 0 Å². The highest BCUT2D eigenvalue weighted by Gasteiger charge is 2.06. The number of nitriles is 1. The van der Waals surface area contributed by atoms with Gasteiger partial charge in [-0.05, 0) is 24.6 Å². The molecule has 0 unspecified atom stereocenters. The van der Waals surface area contributed by atoms with Crippen LogP contribution in [0, 0.1) is 11.3 Å². The standard InChI is InChI=1S/C15H15N3O2/c1-2-8-20-13-5-3-4-11(9-13)14-10-12(6-7-16)15(19)18-17-14/h3-5,9-10H,2,6,8H2,1H3,(H,18,19). The fourth-order valence-corrected chi connectivity index (χ4v) is 1.78. The molecule has 1 N–H and O–H groups in total.